The number of hydrogen-bond donors (Lipinski definition) is 1. The number of thiophene rings is 1. The summed E-state index contributed by atoms with van der Waals surface area (Å²) < 4.78 is 69.8. The Hall–Kier alpha value is -3.60. The summed E-state index contributed by atoms with van der Waals surface area (Å²) in [6, 6.07) is 6.85. The minimum absolute atomic E-state index is 0.0483. The zero-order chi connectivity index (χ0) is 23.4. The van der Waals surface area contributed by atoms with Crippen molar-refractivity contribution in [2.24, 2.45) is 0 Å². The molecule has 4 aromatic rings. The van der Waals surface area contributed by atoms with Crippen molar-refractivity contribution < 1.29 is 36.6 Å². The van der Waals surface area contributed by atoms with E-state index in [0.717, 1.165) is 35.6 Å². The summed E-state index contributed by atoms with van der Waals surface area (Å²) in [5.41, 5.74) is -2.94. The highest BCUT2D eigenvalue weighted by Crippen LogP contribution is 2.37. The first kappa shape index (κ1) is 21.6. The maximum atomic E-state index is 14.4. The van der Waals surface area contributed by atoms with Crippen LogP contribution in [0.2, 0.25) is 0 Å². The Bertz CT molecular complexity index is 1400. The number of rotatable bonds is 3. The maximum Gasteiger partial charge on any atom is 0.417 e. The van der Waals surface area contributed by atoms with E-state index in [0.29, 0.717) is 20.3 Å². The molecule has 0 unspecified atom stereocenters. The molecule has 11 heteroatoms. The fraction of sp³-hybridized carbons (Fsp3) is 0.0952. The fourth-order valence-electron chi connectivity index (χ4n) is 3.29. The van der Waals surface area contributed by atoms with E-state index in [2.05, 4.69) is 5.10 Å². The predicted molar refractivity (Wildman–Crippen MR) is 106 cm³/mol. The average Bonchev–Trinajstić information content (AvgIpc) is 3.23. The molecule has 5 nitrogen and oxygen atoms in total. The molecule has 0 radical (unpaired) electrons. The summed E-state index contributed by atoms with van der Waals surface area (Å²) in [7, 11) is 0. The molecule has 0 spiro atoms. The van der Waals surface area contributed by atoms with Gasteiger partial charge in [-0.1, -0.05) is 12.1 Å². The van der Waals surface area contributed by atoms with Gasteiger partial charge in [-0.3, -0.25) is 4.79 Å². The standard InChI is InChI=1S/C21H11F5N2O3S/c1-9-7-15-18(32-9)17(10-5-6-11(20(30)31)14(23)8-10)27-28(15)19(29)16-12(21(24,25)26)3-2-4-13(16)22/h2-8H,1H3,(H,30,31). The zero-order valence-corrected chi connectivity index (χ0v) is 16.8. The van der Waals surface area contributed by atoms with E-state index in [4.69, 9.17) is 5.11 Å². The smallest absolute Gasteiger partial charge is 0.417 e. The van der Waals surface area contributed by atoms with E-state index in [1.54, 1.807) is 6.92 Å². The highest BCUT2D eigenvalue weighted by Gasteiger charge is 2.38. The lowest BCUT2D eigenvalue weighted by atomic mass is 10.1. The van der Waals surface area contributed by atoms with Crippen LogP contribution in [0, 0.1) is 18.6 Å². The van der Waals surface area contributed by atoms with E-state index in [1.165, 1.54) is 12.1 Å². The molecule has 2 aromatic heterocycles. The molecule has 0 aliphatic heterocycles. The Morgan fingerprint density at radius 3 is 2.41 bits per heavy atom. The van der Waals surface area contributed by atoms with Crippen LogP contribution in [-0.2, 0) is 6.18 Å². The first-order valence-corrected chi connectivity index (χ1v) is 9.73. The Kier molecular flexibility index (Phi) is 5.08. The molecule has 0 amide bonds. The average molecular weight is 466 g/mol. The van der Waals surface area contributed by atoms with Crippen LogP contribution in [0.1, 0.15) is 31.2 Å². The Morgan fingerprint density at radius 2 is 1.78 bits per heavy atom. The lowest BCUT2D eigenvalue weighted by molar-refractivity contribution is -0.138. The summed E-state index contributed by atoms with van der Waals surface area (Å²) in [6.07, 6.45) is -4.98. The molecule has 0 aliphatic rings. The molecule has 4 rings (SSSR count). The second kappa shape index (κ2) is 7.52. The van der Waals surface area contributed by atoms with Gasteiger partial charge in [-0.15, -0.1) is 11.3 Å². The van der Waals surface area contributed by atoms with Gasteiger partial charge >= 0.3 is 12.1 Å². The number of aromatic carboxylic acids is 1. The summed E-state index contributed by atoms with van der Waals surface area (Å²) >= 11 is 1.15. The topological polar surface area (TPSA) is 72.2 Å². The van der Waals surface area contributed by atoms with E-state index < -0.39 is 46.4 Å². The van der Waals surface area contributed by atoms with Gasteiger partial charge in [0.05, 0.1) is 26.9 Å². The van der Waals surface area contributed by atoms with Crippen molar-refractivity contribution >= 4 is 33.4 Å². The zero-order valence-electron chi connectivity index (χ0n) is 16.0. The number of carbonyl (C=O) groups is 2. The van der Waals surface area contributed by atoms with Gasteiger partial charge in [0, 0.05) is 10.4 Å². The van der Waals surface area contributed by atoms with Gasteiger partial charge < -0.3 is 5.11 Å². The summed E-state index contributed by atoms with van der Waals surface area (Å²) in [6.45, 7) is 1.68. The number of hydrogen-bond acceptors (Lipinski definition) is 4. The molecular weight excluding hydrogens is 455 g/mol. The van der Waals surface area contributed by atoms with E-state index in [-0.39, 0.29) is 16.8 Å². The summed E-state index contributed by atoms with van der Waals surface area (Å²) in [5, 5.41) is 13.0. The largest absolute Gasteiger partial charge is 0.478 e. The van der Waals surface area contributed by atoms with Crippen molar-refractivity contribution in [2.75, 3.05) is 0 Å². The van der Waals surface area contributed by atoms with E-state index >= 15 is 0 Å². The number of alkyl halides is 3. The quantitative estimate of drug-likeness (QED) is 0.390. The lowest BCUT2D eigenvalue weighted by Gasteiger charge is -2.12. The molecule has 164 valence electrons. The number of nitrogens with zero attached hydrogens (tertiary/aromatic N) is 2. The van der Waals surface area contributed by atoms with Crippen LogP contribution in [0.25, 0.3) is 21.5 Å². The first-order chi connectivity index (χ1) is 15.0. The third kappa shape index (κ3) is 3.54. The number of aromatic nitrogens is 2. The van der Waals surface area contributed by atoms with Gasteiger partial charge in [-0.25, -0.2) is 13.6 Å². The number of carbonyl (C=O) groups excluding carboxylic acids is 1. The molecule has 0 atom stereocenters. The minimum atomic E-state index is -4.98. The van der Waals surface area contributed by atoms with Crippen molar-refractivity contribution in [3.05, 3.63) is 75.7 Å². The van der Waals surface area contributed by atoms with Crippen LogP contribution in [0.4, 0.5) is 22.0 Å². The van der Waals surface area contributed by atoms with Crippen LogP contribution in [0.3, 0.4) is 0 Å². The minimum Gasteiger partial charge on any atom is -0.478 e. The van der Waals surface area contributed by atoms with Gasteiger partial charge in [0.15, 0.2) is 0 Å². The predicted octanol–water partition coefficient (Wildman–Crippen LogP) is 5.76. The SMILES string of the molecule is Cc1cc2c(s1)c(-c1ccc(C(=O)O)c(F)c1)nn2C(=O)c1c(F)cccc1C(F)(F)F. The normalized spacial score (nSPS) is 11.8. The Balaban J connectivity index is 1.93. The lowest BCUT2D eigenvalue weighted by Crippen LogP contribution is -2.21. The number of fused-ring (bicyclic) bond motifs is 1. The second-order valence-corrected chi connectivity index (χ2v) is 8.05. The van der Waals surface area contributed by atoms with Crippen LogP contribution >= 0.6 is 11.3 Å². The number of benzene rings is 2. The van der Waals surface area contributed by atoms with Crippen LogP contribution in [0.15, 0.2) is 42.5 Å². The molecule has 0 saturated heterocycles. The van der Waals surface area contributed by atoms with Crippen LogP contribution in [0.5, 0.6) is 0 Å². The number of halogens is 5. The van der Waals surface area contributed by atoms with Crippen molar-refractivity contribution in [1.82, 2.24) is 9.78 Å². The molecule has 2 heterocycles. The fourth-order valence-corrected chi connectivity index (χ4v) is 4.29. The van der Waals surface area contributed by atoms with Gasteiger partial charge in [0.25, 0.3) is 5.91 Å². The van der Waals surface area contributed by atoms with Gasteiger partial charge in [-0.05, 0) is 37.3 Å². The van der Waals surface area contributed by atoms with Crippen molar-refractivity contribution in [3.63, 3.8) is 0 Å². The number of aryl methyl sites for hydroxylation is 1. The van der Waals surface area contributed by atoms with Crippen molar-refractivity contribution in [1.29, 1.82) is 0 Å². The highest BCUT2D eigenvalue weighted by molar-refractivity contribution is 7.19. The number of carboxylic acid groups (broad SMARTS) is 1. The molecule has 0 aliphatic carbocycles. The van der Waals surface area contributed by atoms with Gasteiger partial charge in [0.2, 0.25) is 0 Å². The molecule has 32 heavy (non-hydrogen) atoms. The number of carboxylic acids is 1. The molecule has 0 fully saturated rings. The first-order valence-electron chi connectivity index (χ1n) is 8.92. The molecule has 1 N–H and O–H groups in total. The van der Waals surface area contributed by atoms with E-state index in [9.17, 15) is 31.5 Å². The van der Waals surface area contributed by atoms with Crippen molar-refractivity contribution in [3.8, 4) is 11.3 Å². The summed E-state index contributed by atoms with van der Waals surface area (Å²) in [4.78, 5) is 24.8. The van der Waals surface area contributed by atoms with Gasteiger partial charge in [-0.2, -0.15) is 23.0 Å². The van der Waals surface area contributed by atoms with Crippen LogP contribution in [-0.4, -0.2) is 26.8 Å². The molecular formula is C21H11F5N2O3S. The third-order valence-electron chi connectivity index (χ3n) is 4.68. The molecule has 2 aromatic carbocycles. The second-order valence-electron chi connectivity index (χ2n) is 6.80. The van der Waals surface area contributed by atoms with Crippen molar-refractivity contribution in [2.45, 2.75) is 13.1 Å². The summed E-state index contributed by atoms with van der Waals surface area (Å²) in [5.74, 6) is -5.23. The molecule has 0 saturated carbocycles. The Morgan fingerprint density at radius 1 is 1.06 bits per heavy atom. The van der Waals surface area contributed by atoms with E-state index in [1.807, 2.05) is 0 Å². The Labute approximate surface area is 180 Å². The molecule has 0 bridgehead atoms. The van der Waals surface area contributed by atoms with Gasteiger partial charge in [0.1, 0.15) is 17.3 Å². The third-order valence-corrected chi connectivity index (χ3v) is 5.72. The maximum absolute atomic E-state index is 14.4. The highest BCUT2D eigenvalue weighted by atomic mass is 32.1. The van der Waals surface area contributed by atoms with Crippen LogP contribution < -0.4 is 0 Å². The monoisotopic (exact) mass is 466 g/mol.